The number of urea groups is 1. The second-order valence-electron chi connectivity index (χ2n) is 7.82. The van der Waals surface area contributed by atoms with Crippen molar-refractivity contribution in [3.05, 3.63) is 65.0 Å². The second kappa shape index (κ2) is 11.3. The van der Waals surface area contributed by atoms with Crippen molar-refractivity contribution in [2.75, 3.05) is 39.9 Å². The summed E-state index contributed by atoms with van der Waals surface area (Å²) in [5, 5.41) is 2.86. The van der Waals surface area contributed by atoms with Gasteiger partial charge < -0.3 is 19.7 Å². The van der Waals surface area contributed by atoms with E-state index in [1.165, 1.54) is 13.2 Å². The van der Waals surface area contributed by atoms with Crippen molar-refractivity contribution in [2.45, 2.75) is 25.9 Å². The zero-order valence-electron chi connectivity index (χ0n) is 18.3. The van der Waals surface area contributed by atoms with Gasteiger partial charge in [-0.1, -0.05) is 30.3 Å². The molecule has 2 aromatic rings. The van der Waals surface area contributed by atoms with Crippen LogP contribution in [0.3, 0.4) is 0 Å². The number of ether oxygens (including phenoxy) is 2. The highest BCUT2D eigenvalue weighted by molar-refractivity contribution is 5.74. The summed E-state index contributed by atoms with van der Waals surface area (Å²) in [4.78, 5) is 16.3. The van der Waals surface area contributed by atoms with Gasteiger partial charge in [-0.2, -0.15) is 13.2 Å². The highest BCUT2D eigenvalue weighted by Crippen LogP contribution is 2.19. The predicted molar refractivity (Wildman–Crippen MR) is 114 cm³/mol. The Labute approximate surface area is 190 Å². The normalized spacial score (nSPS) is 14.9. The SMILES string of the molecule is COc1ccc(CN2CCN(C(=O)NCc3ccc(COCC(F)(F)F)cc3)CC2)cc1F. The van der Waals surface area contributed by atoms with Crippen molar-refractivity contribution >= 4 is 6.03 Å². The zero-order valence-corrected chi connectivity index (χ0v) is 18.3. The molecule has 0 saturated carbocycles. The molecule has 1 fully saturated rings. The fourth-order valence-corrected chi connectivity index (χ4v) is 3.50. The van der Waals surface area contributed by atoms with Gasteiger partial charge in [-0.3, -0.25) is 4.90 Å². The second-order valence-corrected chi connectivity index (χ2v) is 7.82. The van der Waals surface area contributed by atoms with Crippen LogP contribution in [0.4, 0.5) is 22.4 Å². The Morgan fingerprint density at radius 3 is 2.24 bits per heavy atom. The van der Waals surface area contributed by atoms with Gasteiger partial charge in [-0.05, 0) is 28.8 Å². The number of halogens is 4. The molecule has 1 saturated heterocycles. The zero-order chi connectivity index (χ0) is 23.8. The first-order valence-corrected chi connectivity index (χ1v) is 10.5. The Hall–Kier alpha value is -2.85. The molecule has 0 atom stereocenters. The smallest absolute Gasteiger partial charge is 0.411 e. The van der Waals surface area contributed by atoms with Gasteiger partial charge in [0.25, 0.3) is 0 Å². The molecule has 1 aliphatic rings. The van der Waals surface area contributed by atoms with E-state index in [0.717, 1.165) is 11.1 Å². The van der Waals surface area contributed by atoms with Crippen LogP contribution in [0.5, 0.6) is 5.75 Å². The van der Waals surface area contributed by atoms with Crippen LogP contribution < -0.4 is 10.1 Å². The van der Waals surface area contributed by atoms with E-state index in [9.17, 15) is 22.4 Å². The van der Waals surface area contributed by atoms with Crippen LogP contribution >= 0.6 is 0 Å². The molecule has 0 spiro atoms. The van der Waals surface area contributed by atoms with E-state index in [2.05, 4.69) is 15.0 Å². The van der Waals surface area contributed by atoms with Crippen LogP contribution in [0, 0.1) is 5.82 Å². The topological polar surface area (TPSA) is 54.0 Å². The summed E-state index contributed by atoms with van der Waals surface area (Å²) in [5.41, 5.74) is 2.31. The van der Waals surface area contributed by atoms with Crippen LogP contribution in [-0.4, -0.2) is 61.9 Å². The van der Waals surface area contributed by atoms with E-state index in [0.29, 0.717) is 44.8 Å². The minimum atomic E-state index is -4.34. The van der Waals surface area contributed by atoms with Gasteiger partial charge in [0.05, 0.1) is 13.7 Å². The van der Waals surface area contributed by atoms with E-state index in [1.54, 1.807) is 35.2 Å². The molecule has 1 aliphatic heterocycles. The van der Waals surface area contributed by atoms with Gasteiger partial charge >= 0.3 is 12.2 Å². The molecule has 2 aromatic carbocycles. The number of hydrogen-bond acceptors (Lipinski definition) is 4. The fourth-order valence-electron chi connectivity index (χ4n) is 3.50. The lowest BCUT2D eigenvalue weighted by Gasteiger charge is -2.34. The number of piperazine rings is 1. The van der Waals surface area contributed by atoms with Crippen LogP contribution in [0.1, 0.15) is 16.7 Å². The predicted octanol–water partition coefficient (Wildman–Crippen LogP) is 3.94. The Balaban J connectivity index is 1.38. The van der Waals surface area contributed by atoms with Gasteiger partial charge in [0, 0.05) is 39.3 Å². The quantitative estimate of drug-likeness (QED) is 0.596. The largest absolute Gasteiger partial charge is 0.494 e. The molecule has 6 nitrogen and oxygen atoms in total. The minimum Gasteiger partial charge on any atom is -0.494 e. The standard InChI is InChI=1S/C23H27F4N3O3/c1-32-21-7-6-19(12-20(21)24)14-29-8-10-30(11-9-29)22(31)28-13-17-2-4-18(5-3-17)15-33-16-23(25,26)27/h2-7,12H,8-11,13-16H2,1H3,(H,28,31). The molecule has 0 unspecified atom stereocenters. The summed E-state index contributed by atoms with van der Waals surface area (Å²) in [6.07, 6.45) is -4.34. The number of nitrogens with one attached hydrogen (secondary N) is 1. The van der Waals surface area contributed by atoms with Crippen molar-refractivity contribution < 1.29 is 31.8 Å². The maximum atomic E-state index is 13.9. The monoisotopic (exact) mass is 469 g/mol. The third kappa shape index (κ3) is 7.90. The number of carbonyl (C=O) groups excluding carboxylic acids is 1. The van der Waals surface area contributed by atoms with Crippen molar-refractivity contribution in [1.82, 2.24) is 15.1 Å². The molecule has 33 heavy (non-hydrogen) atoms. The molecular formula is C23H27F4N3O3. The van der Waals surface area contributed by atoms with Crippen molar-refractivity contribution in [2.24, 2.45) is 0 Å². The summed E-state index contributed by atoms with van der Waals surface area (Å²) < 4.78 is 59.8. The summed E-state index contributed by atoms with van der Waals surface area (Å²) in [7, 11) is 1.43. The number of nitrogens with zero attached hydrogens (tertiary/aromatic N) is 2. The molecule has 0 bridgehead atoms. The number of amides is 2. The molecule has 10 heteroatoms. The summed E-state index contributed by atoms with van der Waals surface area (Å²) >= 11 is 0. The van der Waals surface area contributed by atoms with Crippen LogP contribution in [-0.2, 0) is 24.4 Å². The molecule has 0 aliphatic carbocycles. The number of carbonyl (C=O) groups is 1. The van der Waals surface area contributed by atoms with Gasteiger partial charge in [0.1, 0.15) is 6.61 Å². The Morgan fingerprint density at radius 1 is 1.00 bits per heavy atom. The average molecular weight is 469 g/mol. The first kappa shape index (κ1) is 24.8. The fraction of sp³-hybridized carbons (Fsp3) is 0.435. The minimum absolute atomic E-state index is 0.125. The van der Waals surface area contributed by atoms with Crippen LogP contribution in [0.25, 0.3) is 0 Å². The molecule has 1 heterocycles. The van der Waals surface area contributed by atoms with E-state index >= 15 is 0 Å². The van der Waals surface area contributed by atoms with E-state index in [4.69, 9.17) is 4.74 Å². The maximum absolute atomic E-state index is 13.9. The number of benzene rings is 2. The first-order valence-electron chi connectivity index (χ1n) is 10.5. The highest BCUT2D eigenvalue weighted by Gasteiger charge is 2.27. The van der Waals surface area contributed by atoms with Gasteiger partial charge in [-0.25, -0.2) is 9.18 Å². The summed E-state index contributed by atoms with van der Waals surface area (Å²) in [5.74, 6) is -0.181. The average Bonchev–Trinajstić information content (AvgIpc) is 2.78. The number of alkyl halides is 3. The third-order valence-electron chi connectivity index (χ3n) is 5.28. The maximum Gasteiger partial charge on any atom is 0.411 e. The molecule has 180 valence electrons. The number of rotatable bonds is 8. The van der Waals surface area contributed by atoms with Crippen LogP contribution in [0.2, 0.25) is 0 Å². The first-order chi connectivity index (χ1) is 15.7. The molecule has 0 aromatic heterocycles. The highest BCUT2D eigenvalue weighted by atomic mass is 19.4. The van der Waals surface area contributed by atoms with E-state index in [1.807, 2.05) is 6.07 Å². The Kier molecular flexibility index (Phi) is 8.51. The molecule has 2 amide bonds. The lowest BCUT2D eigenvalue weighted by molar-refractivity contribution is -0.176. The lowest BCUT2D eigenvalue weighted by atomic mass is 10.1. The Bertz CT molecular complexity index is 914. The molecule has 0 radical (unpaired) electrons. The number of hydrogen-bond donors (Lipinski definition) is 1. The van der Waals surface area contributed by atoms with Crippen molar-refractivity contribution in [1.29, 1.82) is 0 Å². The van der Waals surface area contributed by atoms with Crippen LogP contribution in [0.15, 0.2) is 42.5 Å². The summed E-state index contributed by atoms with van der Waals surface area (Å²) in [6, 6.07) is 11.6. The summed E-state index contributed by atoms with van der Waals surface area (Å²) in [6.45, 7) is 1.96. The Morgan fingerprint density at radius 2 is 1.64 bits per heavy atom. The van der Waals surface area contributed by atoms with Gasteiger partial charge in [0.2, 0.25) is 0 Å². The van der Waals surface area contributed by atoms with Crippen molar-refractivity contribution in [3.8, 4) is 5.75 Å². The third-order valence-corrected chi connectivity index (χ3v) is 5.28. The molecular weight excluding hydrogens is 442 g/mol. The number of methoxy groups -OCH3 is 1. The molecule has 1 N–H and O–H groups in total. The van der Waals surface area contributed by atoms with Gasteiger partial charge in [0.15, 0.2) is 11.6 Å². The molecule has 3 rings (SSSR count). The van der Waals surface area contributed by atoms with Crippen molar-refractivity contribution in [3.63, 3.8) is 0 Å². The van der Waals surface area contributed by atoms with Gasteiger partial charge in [-0.15, -0.1) is 0 Å². The van der Waals surface area contributed by atoms with E-state index in [-0.39, 0.29) is 18.4 Å². The van der Waals surface area contributed by atoms with E-state index < -0.39 is 18.6 Å². The lowest BCUT2D eigenvalue weighted by Crippen LogP contribution is -2.51.